The summed E-state index contributed by atoms with van der Waals surface area (Å²) in [6.07, 6.45) is 3.55. The number of nitrogens with zero attached hydrogens (tertiary/aromatic N) is 5. The number of carboxylic acid groups (broad SMARTS) is 1. The van der Waals surface area contributed by atoms with E-state index in [-0.39, 0.29) is 11.2 Å². The molecule has 0 atom stereocenters. The van der Waals surface area contributed by atoms with Gasteiger partial charge in [0.15, 0.2) is 5.69 Å². The molecule has 10 heteroatoms. The van der Waals surface area contributed by atoms with E-state index in [2.05, 4.69) is 21.5 Å². The number of anilines is 2. The fourth-order valence-corrected chi connectivity index (χ4v) is 3.07. The molecule has 31 heavy (non-hydrogen) atoms. The molecule has 1 saturated heterocycles. The molecule has 0 spiro atoms. The maximum atomic E-state index is 13.7. The molecule has 0 aliphatic carbocycles. The number of rotatable bonds is 7. The van der Waals surface area contributed by atoms with Crippen LogP contribution in [0.1, 0.15) is 16.2 Å². The minimum absolute atomic E-state index is 0.164. The van der Waals surface area contributed by atoms with Crippen molar-refractivity contribution in [2.45, 2.75) is 0 Å². The van der Waals surface area contributed by atoms with Gasteiger partial charge in [0, 0.05) is 27.2 Å². The van der Waals surface area contributed by atoms with E-state index in [9.17, 15) is 14.3 Å². The van der Waals surface area contributed by atoms with Crippen LogP contribution in [-0.4, -0.2) is 78.1 Å². The van der Waals surface area contributed by atoms with E-state index in [1.807, 2.05) is 4.90 Å². The zero-order valence-electron chi connectivity index (χ0n) is 17.4. The SMILES string of the molecule is C=C(/C=C\C(F)=C/CO)c1nc(N2CCOCC2)nc2c(N(C)C)cc(C(=O)O)nc12. The van der Waals surface area contributed by atoms with E-state index in [1.165, 1.54) is 12.1 Å². The maximum absolute atomic E-state index is 13.7. The lowest BCUT2D eigenvalue weighted by Gasteiger charge is -2.28. The number of aromatic nitrogens is 3. The van der Waals surface area contributed by atoms with Crippen LogP contribution in [0.15, 0.2) is 36.7 Å². The van der Waals surface area contributed by atoms with Gasteiger partial charge < -0.3 is 24.7 Å². The topological polar surface area (TPSA) is 112 Å². The summed E-state index contributed by atoms with van der Waals surface area (Å²) in [6.45, 7) is 5.79. The summed E-state index contributed by atoms with van der Waals surface area (Å²) in [5.74, 6) is -1.39. The number of ether oxygens (including phenoxy) is 1. The van der Waals surface area contributed by atoms with Gasteiger partial charge in [0.05, 0.1) is 25.5 Å². The molecule has 2 aromatic rings. The molecular formula is C21H24FN5O4. The lowest BCUT2D eigenvalue weighted by atomic mass is 10.1. The van der Waals surface area contributed by atoms with Gasteiger partial charge in [-0.3, -0.25) is 0 Å². The van der Waals surface area contributed by atoms with Gasteiger partial charge in [-0.1, -0.05) is 12.7 Å². The number of halogens is 1. The molecule has 1 fully saturated rings. The van der Waals surface area contributed by atoms with Crippen LogP contribution in [0.2, 0.25) is 0 Å². The van der Waals surface area contributed by atoms with Crippen molar-refractivity contribution in [1.82, 2.24) is 15.0 Å². The largest absolute Gasteiger partial charge is 0.477 e. The number of carbonyl (C=O) groups is 1. The van der Waals surface area contributed by atoms with Crippen LogP contribution >= 0.6 is 0 Å². The number of pyridine rings is 1. The standard InChI is InChI=1S/C21H24FN5O4/c1-13(4-5-14(22)6-9-28)17-19-18(16(26(2)3)12-15(23-19)20(29)30)25-21(24-17)27-7-10-31-11-8-27/h4-6,12,28H,1,7-11H2,2-3H3,(H,29,30)/b5-4-,14-6+. The molecule has 0 amide bonds. The molecule has 1 aliphatic heterocycles. The zero-order chi connectivity index (χ0) is 22.5. The average Bonchev–Trinajstić information content (AvgIpc) is 2.76. The fraction of sp³-hybridized carbons (Fsp3) is 0.333. The molecule has 0 bridgehead atoms. The van der Waals surface area contributed by atoms with Gasteiger partial charge in [-0.15, -0.1) is 0 Å². The predicted octanol–water partition coefficient (Wildman–Crippen LogP) is 2.04. The van der Waals surface area contributed by atoms with Crippen molar-refractivity contribution in [3.63, 3.8) is 0 Å². The van der Waals surface area contributed by atoms with Crippen molar-refractivity contribution in [2.75, 3.05) is 56.8 Å². The second-order valence-electron chi connectivity index (χ2n) is 7.03. The highest BCUT2D eigenvalue weighted by Crippen LogP contribution is 2.31. The summed E-state index contributed by atoms with van der Waals surface area (Å²) in [7, 11) is 3.56. The lowest BCUT2D eigenvalue weighted by Crippen LogP contribution is -2.37. The smallest absolute Gasteiger partial charge is 0.354 e. The van der Waals surface area contributed by atoms with Crippen LogP contribution in [0.5, 0.6) is 0 Å². The zero-order valence-corrected chi connectivity index (χ0v) is 17.4. The number of morpholine rings is 1. The van der Waals surface area contributed by atoms with Gasteiger partial charge >= 0.3 is 5.97 Å². The van der Waals surface area contributed by atoms with E-state index in [4.69, 9.17) is 9.84 Å². The summed E-state index contributed by atoms with van der Waals surface area (Å²) in [5, 5.41) is 18.3. The third-order valence-corrected chi connectivity index (χ3v) is 4.65. The van der Waals surface area contributed by atoms with Crippen LogP contribution in [0.3, 0.4) is 0 Å². The third kappa shape index (κ3) is 5.04. The molecule has 164 valence electrons. The van der Waals surface area contributed by atoms with Gasteiger partial charge in [-0.25, -0.2) is 24.1 Å². The van der Waals surface area contributed by atoms with Crippen LogP contribution in [0.4, 0.5) is 16.0 Å². The minimum Gasteiger partial charge on any atom is -0.477 e. The van der Waals surface area contributed by atoms with Crippen LogP contribution in [0, 0.1) is 0 Å². The number of hydrogen-bond donors (Lipinski definition) is 2. The Morgan fingerprint density at radius 3 is 2.58 bits per heavy atom. The number of allylic oxidation sites excluding steroid dienone is 4. The van der Waals surface area contributed by atoms with Gasteiger partial charge in [0.2, 0.25) is 5.95 Å². The Balaban J connectivity index is 2.24. The predicted molar refractivity (Wildman–Crippen MR) is 116 cm³/mol. The molecule has 0 aromatic carbocycles. The monoisotopic (exact) mass is 429 g/mol. The van der Waals surface area contributed by atoms with E-state index < -0.39 is 18.4 Å². The Labute approximate surface area is 178 Å². The number of aliphatic hydroxyl groups excluding tert-OH is 1. The molecule has 0 unspecified atom stereocenters. The summed E-state index contributed by atoms with van der Waals surface area (Å²) in [6, 6.07) is 1.45. The number of aliphatic hydroxyl groups is 1. The summed E-state index contributed by atoms with van der Waals surface area (Å²) in [4.78, 5) is 28.9. The van der Waals surface area contributed by atoms with E-state index in [1.54, 1.807) is 19.0 Å². The number of carboxylic acids is 1. The molecule has 2 N–H and O–H groups in total. The van der Waals surface area contributed by atoms with Crippen LogP contribution < -0.4 is 9.80 Å². The molecule has 9 nitrogen and oxygen atoms in total. The molecule has 0 saturated carbocycles. The van der Waals surface area contributed by atoms with Crippen LogP contribution in [-0.2, 0) is 4.74 Å². The summed E-state index contributed by atoms with van der Waals surface area (Å²) >= 11 is 0. The quantitative estimate of drug-likeness (QED) is 0.639. The first kappa shape index (κ1) is 22.3. The van der Waals surface area contributed by atoms with Gasteiger partial charge in [0.1, 0.15) is 22.6 Å². The van der Waals surface area contributed by atoms with E-state index in [0.29, 0.717) is 54.7 Å². The highest BCUT2D eigenvalue weighted by Gasteiger charge is 2.22. The van der Waals surface area contributed by atoms with Gasteiger partial charge in [-0.05, 0) is 23.8 Å². The Morgan fingerprint density at radius 1 is 1.26 bits per heavy atom. The first-order valence-corrected chi connectivity index (χ1v) is 9.61. The Kier molecular flexibility index (Phi) is 6.93. The molecule has 0 radical (unpaired) electrons. The second-order valence-corrected chi connectivity index (χ2v) is 7.03. The van der Waals surface area contributed by atoms with Crippen molar-refractivity contribution in [2.24, 2.45) is 0 Å². The highest BCUT2D eigenvalue weighted by molar-refractivity contribution is 6.00. The maximum Gasteiger partial charge on any atom is 0.354 e. The van der Waals surface area contributed by atoms with Crippen molar-refractivity contribution >= 4 is 34.2 Å². The van der Waals surface area contributed by atoms with E-state index >= 15 is 0 Å². The lowest BCUT2D eigenvalue weighted by molar-refractivity contribution is 0.0691. The van der Waals surface area contributed by atoms with E-state index in [0.717, 1.165) is 12.2 Å². The van der Waals surface area contributed by atoms with Crippen molar-refractivity contribution in [3.8, 4) is 0 Å². The minimum atomic E-state index is -1.19. The first-order chi connectivity index (χ1) is 14.8. The number of aromatic carboxylic acids is 1. The molecular weight excluding hydrogens is 405 g/mol. The molecule has 1 aliphatic rings. The molecule has 3 rings (SSSR count). The Morgan fingerprint density at radius 2 is 1.97 bits per heavy atom. The third-order valence-electron chi connectivity index (χ3n) is 4.65. The second kappa shape index (κ2) is 9.63. The number of fused-ring (bicyclic) bond motifs is 1. The summed E-state index contributed by atoms with van der Waals surface area (Å²) in [5.41, 5.74) is 1.73. The van der Waals surface area contributed by atoms with Crippen molar-refractivity contribution < 1.29 is 24.1 Å². The fourth-order valence-electron chi connectivity index (χ4n) is 3.07. The highest BCUT2D eigenvalue weighted by atomic mass is 19.1. The van der Waals surface area contributed by atoms with Gasteiger partial charge in [0.25, 0.3) is 0 Å². The summed E-state index contributed by atoms with van der Waals surface area (Å²) < 4.78 is 19.1. The average molecular weight is 429 g/mol. The molecule has 3 heterocycles. The van der Waals surface area contributed by atoms with Crippen LogP contribution in [0.25, 0.3) is 16.6 Å². The van der Waals surface area contributed by atoms with Crippen molar-refractivity contribution in [3.05, 3.63) is 48.1 Å². The van der Waals surface area contributed by atoms with Crippen molar-refractivity contribution in [1.29, 1.82) is 0 Å². The molecule has 2 aromatic heterocycles. The van der Waals surface area contributed by atoms with Gasteiger partial charge in [-0.2, -0.15) is 0 Å². The normalized spacial score (nSPS) is 15.0. The Hall–Kier alpha value is -3.37. The first-order valence-electron chi connectivity index (χ1n) is 9.61. The Bertz CT molecular complexity index is 1060. The number of hydrogen-bond acceptors (Lipinski definition) is 8.